The van der Waals surface area contributed by atoms with Gasteiger partial charge in [0, 0.05) is 46.1 Å². The number of anilines is 2. The highest BCUT2D eigenvalue weighted by molar-refractivity contribution is 8.23. The second-order valence-corrected chi connectivity index (χ2v) is 27.0. The van der Waals surface area contributed by atoms with E-state index in [1.165, 1.54) is 92.2 Å². The van der Waals surface area contributed by atoms with E-state index in [-0.39, 0.29) is 40.7 Å². The van der Waals surface area contributed by atoms with Crippen LogP contribution >= 0.6 is 46.7 Å². The summed E-state index contributed by atoms with van der Waals surface area (Å²) in [6, 6.07) is 28.4. The van der Waals surface area contributed by atoms with Crippen LogP contribution in [0.2, 0.25) is 0 Å². The van der Waals surface area contributed by atoms with E-state index in [2.05, 4.69) is 75.2 Å². The van der Waals surface area contributed by atoms with Gasteiger partial charge in [-0.2, -0.15) is 0 Å². The van der Waals surface area contributed by atoms with Crippen LogP contribution in [0.4, 0.5) is 11.4 Å². The number of hydrogen-bond acceptors (Lipinski definition) is 9. The molecule has 4 aromatic rings. The fraction of sp³-hybridized carbons (Fsp3) is 0.625. The van der Waals surface area contributed by atoms with Gasteiger partial charge in [0.2, 0.25) is 5.91 Å². The zero-order valence-corrected chi connectivity index (χ0v) is 49.3. The molecular weight excluding hydrogens is 1000 g/mol. The summed E-state index contributed by atoms with van der Waals surface area (Å²) < 4.78 is 14.0. The molecule has 0 unspecified atom stereocenters. The summed E-state index contributed by atoms with van der Waals surface area (Å²) in [5.74, 6) is 2.54. The number of nitrogens with zero attached hydrogens (tertiary/aromatic N) is 2. The van der Waals surface area contributed by atoms with Gasteiger partial charge in [0.25, 0.3) is 0 Å². The van der Waals surface area contributed by atoms with Crippen LogP contribution in [0.3, 0.4) is 0 Å². The smallest absolute Gasteiger partial charge is 0.348 e. The number of esters is 2. The predicted molar refractivity (Wildman–Crippen MR) is 319 cm³/mol. The van der Waals surface area contributed by atoms with Crippen LogP contribution in [0.15, 0.2) is 90.3 Å². The molecule has 75 heavy (non-hydrogen) atoms. The molecule has 4 aliphatic carbocycles. The van der Waals surface area contributed by atoms with E-state index in [1.54, 1.807) is 11.3 Å². The molecule has 4 saturated carbocycles. The van der Waals surface area contributed by atoms with Crippen LogP contribution in [0, 0.1) is 46.3 Å². The van der Waals surface area contributed by atoms with E-state index in [9.17, 15) is 14.4 Å². The molecule has 8 rings (SSSR count). The molecule has 0 saturated heterocycles. The first-order valence-corrected chi connectivity index (χ1v) is 32.4. The summed E-state index contributed by atoms with van der Waals surface area (Å²) in [6.07, 6.45) is 24.0. The summed E-state index contributed by atoms with van der Waals surface area (Å²) in [5, 5.41) is 2.07. The Morgan fingerprint density at radius 2 is 1.37 bits per heavy atom. The fourth-order valence-electron chi connectivity index (χ4n) is 14.7. The number of para-hydroxylation sites is 2. The van der Waals surface area contributed by atoms with Gasteiger partial charge in [0.15, 0.2) is 0 Å². The van der Waals surface area contributed by atoms with E-state index in [1.807, 2.05) is 59.5 Å². The molecule has 1 amide bonds. The Labute approximate surface area is 469 Å². The summed E-state index contributed by atoms with van der Waals surface area (Å²) in [7, 11) is 0. The maximum atomic E-state index is 14.6. The molecule has 408 valence electrons. The number of carbonyl (C=O) groups is 3. The number of ether oxygens (including phenoxy) is 2. The maximum absolute atomic E-state index is 14.6. The molecule has 0 aliphatic heterocycles. The number of thiophene rings is 2. The number of hydrogen-bond donors (Lipinski definition) is 0. The number of rotatable bonds is 26. The van der Waals surface area contributed by atoms with Gasteiger partial charge in [0.05, 0.1) is 5.75 Å². The highest BCUT2D eigenvalue weighted by Crippen LogP contribution is 2.69. The lowest BCUT2D eigenvalue weighted by molar-refractivity contribution is -0.196. The Morgan fingerprint density at radius 3 is 2.01 bits per heavy atom. The fourth-order valence-corrected chi connectivity index (χ4v) is 17.5. The first kappa shape index (κ1) is 57.7. The third-order valence-electron chi connectivity index (χ3n) is 18.8. The van der Waals surface area contributed by atoms with Crippen molar-refractivity contribution in [1.29, 1.82) is 0 Å². The largest absolute Gasteiger partial charge is 0.461 e. The van der Waals surface area contributed by atoms with Crippen molar-refractivity contribution in [2.75, 3.05) is 23.7 Å². The van der Waals surface area contributed by atoms with Crippen LogP contribution in [-0.2, 0) is 19.1 Å². The molecular formula is C64H88N2O5S4. The second-order valence-electron chi connectivity index (χ2n) is 23.4. The van der Waals surface area contributed by atoms with Gasteiger partial charge < -0.3 is 14.4 Å². The normalized spacial score (nSPS) is 26.3. The first-order valence-electron chi connectivity index (χ1n) is 29.3. The Balaban J connectivity index is 0.969. The van der Waals surface area contributed by atoms with Gasteiger partial charge in [-0.15, -0.1) is 22.7 Å². The Hall–Kier alpha value is -3.51. The van der Waals surface area contributed by atoms with Crippen molar-refractivity contribution in [3.05, 3.63) is 95.2 Å². The number of benzene rings is 2. The van der Waals surface area contributed by atoms with Crippen molar-refractivity contribution in [3.63, 3.8) is 0 Å². The highest BCUT2D eigenvalue weighted by Gasteiger charge is 2.65. The Morgan fingerprint density at radius 1 is 0.720 bits per heavy atom. The number of unbranched alkanes of at least 4 members (excludes halogenated alkanes) is 10. The van der Waals surface area contributed by atoms with Crippen LogP contribution < -0.4 is 4.90 Å². The molecule has 4 aliphatic rings. The van der Waals surface area contributed by atoms with Crippen LogP contribution in [0.5, 0.6) is 0 Å². The second kappa shape index (κ2) is 27.9. The molecule has 0 N–H and O–H groups in total. The zero-order chi connectivity index (χ0) is 52.8. The molecule has 0 spiro atoms. The minimum atomic E-state index is -0.241. The minimum absolute atomic E-state index is 0.0564. The standard InChI is InChI=1S/C64H88N2O5S4/c1-6-8-10-12-14-22-40-65(41-23-15-13-11-9-7-2)59(67)37-30-46(3)52-33-34-53-51-32-31-47-43-50(70-61(69)57-36-35-56(75-57)55-29-24-42-73-55)38-39-63(47,4)54(51)44-58(64(52,53)5)71-60(68)45-74-62(72)66(48-25-18-16-19-26-48)49-27-20-17-21-28-49/h16-21,24-29,35-36,42,46-47,50-54,58H,6-15,22-23,30-34,37-41,43-45H2,1-5H3/t46-,47-,50-,51+,52-,53+,54+,58+,63+,64-/m1/s1. The van der Waals surface area contributed by atoms with Gasteiger partial charge in [0.1, 0.15) is 21.4 Å². The van der Waals surface area contributed by atoms with Crippen LogP contribution in [-0.4, -0.2) is 58.1 Å². The molecule has 2 aromatic heterocycles. The van der Waals surface area contributed by atoms with Crippen molar-refractivity contribution in [2.45, 2.75) is 188 Å². The monoisotopic (exact) mass is 1090 g/mol. The predicted octanol–water partition coefficient (Wildman–Crippen LogP) is 18.0. The van der Waals surface area contributed by atoms with Gasteiger partial charge >= 0.3 is 11.9 Å². The zero-order valence-electron chi connectivity index (χ0n) is 46.0. The molecule has 4 fully saturated rings. The van der Waals surface area contributed by atoms with Crippen molar-refractivity contribution in [3.8, 4) is 9.75 Å². The number of thiocarbonyl (C=S) groups is 1. The summed E-state index contributed by atoms with van der Waals surface area (Å²) in [5.41, 5.74) is 1.76. The summed E-state index contributed by atoms with van der Waals surface area (Å²) in [4.78, 5) is 49.7. The van der Waals surface area contributed by atoms with Gasteiger partial charge in [-0.1, -0.05) is 165 Å². The lowest BCUT2D eigenvalue weighted by atomic mass is 9.43. The average molecular weight is 1090 g/mol. The summed E-state index contributed by atoms with van der Waals surface area (Å²) >= 11 is 10.7. The van der Waals surface area contributed by atoms with Crippen molar-refractivity contribution in [2.24, 2.45) is 46.3 Å². The number of fused-ring (bicyclic) bond motifs is 5. The topological polar surface area (TPSA) is 76.1 Å². The van der Waals surface area contributed by atoms with Gasteiger partial charge in [-0.3, -0.25) is 14.5 Å². The van der Waals surface area contributed by atoms with E-state index in [4.69, 9.17) is 21.7 Å². The van der Waals surface area contributed by atoms with E-state index < -0.39 is 0 Å². The van der Waals surface area contributed by atoms with Crippen molar-refractivity contribution < 1.29 is 23.9 Å². The van der Waals surface area contributed by atoms with E-state index in [0.717, 1.165) is 100.0 Å². The Kier molecular flexibility index (Phi) is 21.4. The van der Waals surface area contributed by atoms with E-state index >= 15 is 0 Å². The molecule has 2 aromatic carbocycles. The first-order chi connectivity index (χ1) is 36.4. The summed E-state index contributed by atoms with van der Waals surface area (Å²) in [6.45, 7) is 13.7. The molecule has 0 radical (unpaired) electrons. The lowest BCUT2D eigenvalue weighted by Gasteiger charge is -2.62. The van der Waals surface area contributed by atoms with Crippen LogP contribution in [0.25, 0.3) is 9.75 Å². The highest BCUT2D eigenvalue weighted by atomic mass is 32.2. The molecule has 11 heteroatoms. The number of carbonyl (C=O) groups excluding carboxylic acids is 3. The number of amides is 1. The molecule has 2 heterocycles. The third-order valence-corrected chi connectivity index (χ3v) is 22.3. The van der Waals surface area contributed by atoms with Crippen molar-refractivity contribution in [1.82, 2.24) is 4.90 Å². The minimum Gasteiger partial charge on any atom is -0.461 e. The van der Waals surface area contributed by atoms with Crippen LogP contribution in [0.1, 0.15) is 186 Å². The van der Waals surface area contributed by atoms with Crippen molar-refractivity contribution >= 4 is 80.2 Å². The number of thioether (sulfide) groups is 1. The third kappa shape index (κ3) is 14.2. The molecule has 0 bridgehead atoms. The molecule has 7 nitrogen and oxygen atoms in total. The SMILES string of the molecule is CCCCCCCCN(CCCCCCCC)C(=O)CC[C@@H](C)[C@H]1CC[C@H]2[C@@H]3CC[C@@H]4C[C@H](OC(=O)c5ccc(-c6cccs6)s5)CC[C@]4(C)[C@H]3C[C@H](OC(=O)CSC(=S)N(c3ccccc3)c3ccccc3)[C@]12C. The molecule has 10 atom stereocenters. The lowest BCUT2D eigenvalue weighted by Crippen LogP contribution is -2.59. The van der Waals surface area contributed by atoms with E-state index in [0.29, 0.717) is 57.0 Å². The van der Waals surface area contributed by atoms with Gasteiger partial charge in [-0.05, 0) is 159 Å². The average Bonchev–Trinajstić information content (AvgIpc) is 4.24. The Bertz CT molecular complexity index is 2350. The van der Waals surface area contributed by atoms with Gasteiger partial charge in [-0.25, -0.2) is 4.79 Å². The maximum Gasteiger partial charge on any atom is 0.348 e. The quantitative estimate of drug-likeness (QED) is 0.0350.